The average Bonchev–Trinajstić information content (AvgIpc) is 2.80. The molecule has 1 unspecified atom stereocenters. The zero-order valence-electron chi connectivity index (χ0n) is 22.4. The lowest BCUT2D eigenvalue weighted by Gasteiger charge is -2.05. The molecule has 208 valence electrons. The summed E-state index contributed by atoms with van der Waals surface area (Å²) in [5, 5.41) is 34.4. The van der Waals surface area contributed by atoms with E-state index in [0.29, 0.717) is 6.42 Å². The van der Waals surface area contributed by atoms with Crippen LogP contribution in [0.25, 0.3) is 0 Å². The molecule has 0 rings (SSSR count). The molecule has 0 bridgehead atoms. The van der Waals surface area contributed by atoms with E-state index in [1.165, 1.54) is 77.0 Å². The van der Waals surface area contributed by atoms with Gasteiger partial charge in [0.25, 0.3) is 0 Å². The van der Waals surface area contributed by atoms with Crippen LogP contribution in [0.4, 0.5) is 0 Å². The Bertz CT molecular complexity index is 474. The third-order valence-corrected chi connectivity index (χ3v) is 6.15. The van der Waals surface area contributed by atoms with Crippen LogP contribution in [0, 0.1) is 0 Å². The molecule has 0 radical (unpaired) electrons. The summed E-state index contributed by atoms with van der Waals surface area (Å²) in [6.45, 7) is 2.26. The number of aliphatic carboxylic acids is 3. The summed E-state index contributed by atoms with van der Waals surface area (Å²) < 4.78 is 0. The minimum Gasteiger partial charge on any atom is -0.481 e. The van der Waals surface area contributed by atoms with E-state index in [4.69, 9.17) is 20.4 Å². The first-order valence-corrected chi connectivity index (χ1v) is 14.2. The normalized spacial score (nSPS) is 11.5. The molecule has 0 fully saturated rings. The van der Waals surface area contributed by atoms with Crippen molar-refractivity contribution in [3.05, 3.63) is 0 Å². The first-order chi connectivity index (χ1) is 16.8. The molecule has 4 N–H and O–H groups in total. The van der Waals surface area contributed by atoms with E-state index in [1.54, 1.807) is 0 Å². The molecule has 0 aromatic carbocycles. The number of aliphatic hydroxyl groups is 1. The molecular weight excluding hydrogens is 448 g/mol. The van der Waals surface area contributed by atoms with E-state index < -0.39 is 24.0 Å². The van der Waals surface area contributed by atoms with Gasteiger partial charge < -0.3 is 20.4 Å². The van der Waals surface area contributed by atoms with Gasteiger partial charge in [-0.2, -0.15) is 0 Å². The third-order valence-electron chi connectivity index (χ3n) is 6.15. The Morgan fingerprint density at radius 3 is 1.06 bits per heavy atom. The molecule has 35 heavy (non-hydrogen) atoms. The van der Waals surface area contributed by atoms with Gasteiger partial charge in [0.15, 0.2) is 6.10 Å². The van der Waals surface area contributed by atoms with Crippen molar-refractivity contribution in [3.63, 3.8) is 0 Å². The van der Waals surface area contributed by atoms with Gasteiger partial charge in [-0.1, -0.05) is 122 Å². The van der Waals surface area contributed by atoms with Gasteiger partial charge in [0.1, 0.15) is 0 Å². The molecule has 7 nitrogen and oxygen atoms in total. The standard InChI is InChI=1S/C18H36O3.C10H18O4/c1-2-3-4-5-6-7-8-9-10-11-12-13-14-15-16-17(19)18(20)21;11-9(12)7-5-3-1-2-4-6-8-10(13)14/h17,19H,2-16H2,1H3,(H,20,21);1-8H2,(H,11,12)(H,13,14). The highest BCUT2D eigenvalue weighted by molar-refractivity contribution is 5.71. The van der Waals surface area contributed by atoms with Crippen molar-refractivity contribution >= 4 is 17.9 Å². The second kappa shape index (κ2) is 28.6. The lowest BCUT2D eigenvalue weighted by molar-refractivity contribution is -0.147. The number of carboxylic acid groups (broad SMARTS) is 3. The zero-order chi connectivity index (χ0) is 26.6. The van der Waals surface area contributed by atoms with Crippen molar-refractivity contribution in [3.8, 4) is 0 Å². The summed E-state index contributed by atoms with van der Waals surface area (Å²) in [5.74, 6) is -2.57. The molecule has 0 spiro atoms. The van der Waals surface area contributed by atoms with Crippen LogP contribution in [0.2, 0.25) is 0 Å². The molecule has 0 aliphatic rings. The van der Waals surface area contributed by atoms with Crippen molar-refractivity contribution < 1.29 is 34.8 Å². The van der Waals surface area contributed by atoms with E-state index in [0.717, 1.165) is 51.4 Å². The Balaban J connectivity index is 0. The van der Waals surface area contributed by atoms with E-state index in [1.807, 2.05) is 0 Å². The number of aliphatic hydroxyl groups excluding tert-OH is 1. The maximum atomic E-state index is 10.4. The van der Waals surface area contributed by atoms with Crippen LogP contribution in [0.1, 0.15) is 155 Å². The fraction of sp³-hybridized carbons (Fsp3) is 0.893. The second-order valence-electron chi connectivity index (χ2n) is 9.65. The van der Waals surface area contributed by atoms with Crippen molar-refractivity contribution in [1.82, 2.24) is 0 Å². The lowest BCUT2D eigenvalue weighted by atomic mass is 10.0. The summed E-state index contributed by atoms with van der Waals surface area (Å²) in [7, 11) is 0. The monoisotopic (exact) mass is 502 g/mol. The number of unbranched alkanes of at least 4 members (excludes halogenated alkanes) is 18. The highest BCUT2D eigenvalue weighted by atomic mass is 16.4. The Hall–Kier alpha value is -1.63. The van der Waals surface area contributed by atoms with Gasteiger partial charge in [-0.05, 0) is 19.3 Å². The molecule has 0 saturated carbocycles. The van der Waals surface area contributed by atoms with Crippen LogP contribution in [-0.2, 0) is 14.4 Å². The van der Waals surface area contributed by atoms with Crippen LogP contribution < -0.4 is 0 Å². The topological polar surface area (TPSA) is 132 Å². The average molecular weight is 503 g/mol. The van der Waals surface area contributed by atoms with E-state index in [9.17, 15) is 14.4 Å². The molecule has 0 heterocycles. The molecule has 0 aliphatic carbocycles. The number of hydrogen-bond acceptors (Lipinski definition) is 4. The van der Waals surface area contributed by atoms with Crippen molar-refractivity contribution in [2.75, 3.05) is 0 Å². The largest absolute Gasteiger partial charge is 0.481 e. The summed E-state index contributed by atoms with van der Waals surface area (Å²) in [5.41, 5.74) is 0. The fourth-order valence-corrected chi connectivity index (χ4v) is 3.92. The first-order valence-electron chi connectivity index (χ1n) is 14.2. The van der Waals surface area contributed by atoms with Crippen LogP contribution in [0.3, 0.4) is 0 Å². The van der Waals surface area contributed by atoms with E-state index in [-0.39, 0.29) is 12.8 Å². The minimum absolute atomic E-state index is 0.245. The molecule has 0 amide bonds. The molecule has 0 saturated heterocycles. The lowest BCUT2D eigenvalue weighted by Crippen LogP contribution is -2.18. The quantitative estimate of drug-likeness (QED) is 0.0945. The van der Waals surface area contributed by atoms with Crippen LogP contribution in [0.5, 0.6) is 0 Å². The maximum absolute atomic E-state index is 10.4. The minimum atomic E-state index is -1.16. The molecule has 1 atom stereocenters. The molecular formula is C28H54O7. The van der Waals surface area contributed by atoms with Gasteiger partial charge in [0.05, 0.1) is 0 Å². The first kappa shape index (κ1) is 35.5. The smallest absolute Gasteiger partial charge is 0.332 e. The molecule has 0 aliphatic heterocycles. The van der Waals surface area contributed by atoms with E-state index in [2.05, 4.69) is 6.92 Å². The SMILES string of the molecule is CCCCCCCCCCCCCCCCC(O)C(=O)O.O=C(O)CCCCCCCCC(=O)O. The zero-order valence-corrected chi connectivity index (χ0v) is 22.4. The highest BCUT2D eigenvalue weighted by Crippen LogP contribution is 2.14. The van der Waals surface area contributed by atoms with Gasteiger partial charge >= 0.3 is 17.9 Å². The summed E-state index contributed by atoms with van der Waals surface area (Å²) in [4.78, 5) is 30.7. The number of hydrogen-bond donors (Lipinski definition) is 4. The number of rotatable bonds is 25. The Morgan fingerprint density at radius 2 is 0.771 bits per heavy atom. The van der Waals surface area contributed by atoms with E-state index >= 15 is 0 Å². The van der Waals surface area contributed by atoms with Crippen LogP contribution >= 0.6 is 0 Å². The Labute approximate surface area is 213 Å². The predicted molar refractivity (Wildman–Crippen MR) is 141 cm³/mol. The van der Waals surface area contributed by atoms with Crippen molar-refractivity contribution in [2.24, 2.45) is 0 Å². The maximum Gasteiger partial charge on any atom is 0.332 e. The van der Waals surface area contributed by atoms with Gasteiger partial charge in [0, 0.05) is 12.8 Å². The summed E-state index contributed by atoms with van der Waals surface area (Å²) in [6, 6.07) is 0. The number of carbonyl (C=O) groups is 3. The van der Waals surface area contributed by atoms with Gasteiger partial charge in [-0.25, -0.2) is 4.79 Å². The van der Waals surface area contributed by atoms with Gasteiger partial charge in [0.2, 0.25) is 0 Å². The third kappa shape index (κ3) is 34.6. The second-order valence-corrected chi connectivity index (χ2v) is 9.65. The number of carboxylic acids is 3. The van der Waals surface area contributed by atoms with Gasteiger partial charge in [-0.3, -0.25) is 9.59 Å². The highest BCUT2D eigenvalue weighted by Gasteiger charge is 2.11. The predicted octanol–water partition coefficient (Wildman–Crippen LogP) is 7.58. The Morgan fingerprint density at radius 1 is 0.486 bits per heavy atom. The molecule has 7 heteroatoms. The molecule has 0 aromatic rings. The molecule has 0 aromatic heterocycles. The van der Waals surface area contributed by atoms with Crippen molar-refractivity contribution in [2.45, 2.75) is 161 Å². The summed E-state index contributed by atoms with van der Waals surface area (Å²) in [6.07, 6.45) is 23.1. The van der Waals surface area contributed by atoms with Crippen molar-refractivity contribution in [1.29, 1.82) is 0 Å². The summed E-state index contributed by atoms with van der Waals surface area (Å²) >= 11 is 0. The van der Waals surface area contributed by atoms with Gasteiger partial charge in [-0.15, -0.1) is 0 Å². The Kier molecular flexibility index (Phi) is 29.0. The van der Waals surface area contributed by atoms with Crippen LogP contribution in [0.15, 0.2) is 0 Å². The van der Waals surface area contributed by atoms with Crippen LogP contribution in [-0.4, -0.2) is 44.4 Å². The fourth-order valence-electron chi connectivity index (χ4n) is 3.92.